The van der Waals surface area contributed by atoms with Crippen LogP contribution in [0.5, 0.6) is 17.2 Å². The lowest BCUT2D eigenvalue weighted by Gasteiger charge is -2.23. The number of aliphatic hydroxyl groups is 1. The van der Waals surface area contributed by atoms with Gasteiger partial charge in [-0.25, -0.2) is 4.98 Å². The molecule has 8 nitrogen and oxygen atoms in total. The predicted molar refractivity (Wildman–Crippen MR) is 158 cm³/mol. The smallest absolute Gasteiger partial charge is 0.301 e. The number of carbonyl (C=O) groups excluding carboxylic acids is 2. The van der Waals surface area contributed by atoms with E-state index < -0.39 is 17.7 Å². The van der Waals surface area contributed by atoms with E-state index in [1.165, 1.54) is 16.2 Å². The number of thiazole rings is 1. The number of hydrogen-bond donors (Lipinski definition) is 1. The summed E-state index contributed by atoms with van der Waals surface area (Å²) in [5.41, 5.74) is 2.75. The van der Waals surface area contributed by atoms with Crippen LogP contribution in [0.4, 0.5) is 5.13 Å². The van der Waals surface area contributed by atoms with Crippen LogP contribution in [0, 0.1) is 0 Å². The van der Waals surface area contributed by atoms with Crippen LogP contribution in [0.1, 0.15) is 49.9 Å². The summed E-state index contributed by atoms with van der Waals surface area (Å²) in [6, 6.07) is 17.2. The largest absolute Gasteiger partial charge is 0.507 e. The second kappa shape index (κ2) is 10.9. The maximum Gasteiger partial charge on any atom is 0.301 e. The number of hydrogen-bond acceptors (Lipinski definition) is 8. The van der Waals surface area contributed by atoms with Crippen LogP contribution in [0.25, 0.3) is 16.0 Å². The summed E-state index contributed by atoms with van der Waals surface area (Å²) in [4.78, 5) is 33.4. The second-order valence-corrected chi connectivity index (χ2v) is 11.1. The Labute approximate surface area is 241 Å². The normalized spacial score (nSPS) is 19.4. The van der Waals surface area contributed by atoms with Crippen molar-refractivity contribution < 1.29 is 28.9 Å². The highest BCUT2D eigenvalue weighted by molar-refractivity contribution is 7.22. The van der Waals surface area contributed by atoms with Gasteiger partial charge in [0, 0.05) is 12.0 Å². The van der Waals surface area contributed by atoms with Gasteiger partial charge in [0.05, 0.1) is 35.0 Å². The van der Waals surface area contributed by atoms with E-state index in [4.69, 9.17) is 19.2 Å². The SMILES string of the molecule is CCCOc1ccc([C@H]2C(=C(O)c3ccc4c(c3)C[C@H](C)O4)C(=O)C(=O)N2c2nc3ccc(OCC)cc3s2)cc1. The van der Waals surface area contributed by atoms with Crippen molar-refractivity contribution in [3.05, 3.63) is 82.9 Å². The van der Waals surface area contributed by atoms with Crippen LogP contribution >= 0.6 is 11.3 Å². The van der Waals surface area contributed by atoms with Gasteiger partial charge >= 0.3 is 5.91 Å². The molecule has 1 N–H and O–H groups in total. The number of amides is 1. The van der Waals surface area contributed by atoms with Crippen LogP contribution in [0.3, 0.4) is 0 Å². The van der Waals surface area contributed by atoms with Crippen LogP contribution in [-0.4, -0.2) is 41.1 Å². The number of carbonyl (C=O) groups is 2. The van der Waals surface area contributed by atoms with Crippen LogP contribution in [-0.2, 0) is 16.0 Å². The molecule has 1 fully saturated rings. The molecule has 1 aromatic heterocycles. The number of nitrogens with zero attached hydrogens (tertiary/aromatic N) is 2. The molecule has 210 valence electrons. The summed E-state index contributed by atoms with van der Waals surface area (Å²) < 4.78 is 18.0. The zero-order valence-corrected chi connectivity index (χ0v) is 23.9. The second-order valence-electron chi connectivity index (χ2n) is 10.1. The lowest BCUT2D eigenvalue weighted by Crippen LogP contribution is -2.29. The van der Waals surface area contributed by atoms with Crippen LogP contribution in [0.15, 0.2) is 66.2 Å². The van der Waals surface area contributed by atoms with Gasteiger partial charge in [-0.2, -0.15) is 0 Å². The molecule has 0 spiro atoms. The number of aromatic nitrogens is 1. The molecule has 3 heterocycles. The molecule has 1 saturated heterocycles. The third-order valence-electron chi connectivity index (χ3n) is 7.15. The van der Waals surface area contributed by atoms with Crippen molar-refractivity contribution in [3.8, 4) is 17.2 Å². The predicted octanol–water partition coefficient (Wildman–Crippen LogP) is 6.43. The van der Waals surface area contributed by atoms with E-state index in [-0.39, 0.29) is 17.4 Å². The minimum Gasteiger partial charge on any atom is -0.507 e. The molecule has 0 radical (unpaired) electrons. The van der Waals surface area contributed by atoms with Gasteiger partial charge in [-0.1, -0.05) is 30.4 Å². The third kappa shape index (κ3) is 4.91. The fourth-order valence-corrected chi connectivity index (χ4v) is 6.31. The first-order valence-electron chi connectivity index (χ1n) is 13.7. The molecule has 1 amide bonds. The molecule has 4 aromatic rings. The minimum atomic E-state index is -0.884. The topological polar surface area (TPSA) is 98.2 Å². The van der Waals surface area contributed by atoms with Gasteiger partial charge in [0.1, 0.15) is 29.1 Å². The molecule has 3 aromatic carbocycles. The van der Waals surface area contributed by atoms with E-state index in [1.807, 2.05) is 69.3 Å². The number of Topliss-reactive ketones (excluding diaryl/α,β-unsaturated/α-hetero) is 1. The van der Waals surface area contributed by atoms with E-state index in [1.54, 1.807) is 12.1 Å². The van der Waals surface area contributed by atoms with Gasteiger partial charge in [0.25, 0.3) is 5.78 Å². The van der Waals surface area contributed by atoms with Gasteiger partial charge in [0.2, 0.25) is 0 Å². The molecule has 0 bridgehead atoms. The monoisotopic (exact) mass is 570 g/mol. The van der Waals surface area contributed by atoms with E-state index in [0.717, 1.165) is 22.4 Å². The van der Waals surface area contributed by atoms with Gasteiger partial charge < -0.3 is 19.3 Å². The van der Waals surface area contributed by atoms with Gasteiger partial charge in [0.15, 0.2) is 5.13 Å². The molecule has 6 rings (SSSR count). The Balaban J connectivity index is 1.48. The number of ketones is 1. The maximum absolute atomic E-state index is 13.6. The van der Waals surface area contributed by atoms with Crippen molar-refractivity contribution in [3.63, 3.8) is 0 Å². The maximum atomic E-state index is 13.6. The fraction of sp³-hybridized carbons (Fsp3) is 0.281. The summed E-state index contributed by atoms with van der Waals surface area (Å²) in [5.74, 6) is 0.400. The molecule has 2 atom stereocenters. The molecular weight excluding hydrogens is 540 g/mol. The fourth-order valence-electron chi connectivity index (χ4n) is 5.29. The summed E-state index contributed by atoms with van der Waals surface area (Å²) in [6.45, 7) is 7.03. The number of rotatable bonds is 8. The van der Waals surface area contributed by atoms with E-state index in [2.05, 4.69) is 0 Å². The first-order chi connectivity index (χ1) is 19.9. The number of benzene rings is 3. The summed E-state index contributed by atoms with van der Waals surface area (Å²) >= 11 is 1.30. The standard InChI is InChI=1S/C32H30N2O6S/c1-4-14-39-22-9-6-19(7-10-22)28-27(29(35)20-8-13-25-21(16-20)15-18(3)40-25)30(36)31(37)34(28)32-33-24-12-11-23(38-5-2)17-26(24)41-32/h6-13,16-18,28,35H,4-5,14-15H2,1-3H3/t18-,28-/m0/s1. The third-order valence-corrected chi connectivity index (χ3v) is 8.17. The highest BCUT2D eigenvalue weighted by Crippen LogP contribution is 2.45. The van der Waals surface area contributed by atoms with E-state index >= 15 is 0 Å². The molecular formula is C32H30N2O6S. The Hall–Kier alpha value is -4.37. The molecule has 0 saturated carbocycles. The highest BCUT2D eigenvalue weighted by atomic mass is 32.1. The zero-order valence-electron chi connectivity index (χ0n) is 23.0. The molecule has 0 aliphatic carbocycles. The number of anilines is 1. The summed E-state index contributed by atoms with van der Waals surface area (Å²) in [5, 5.41) is 12.0. The van der Waals surface area contributed by atoms with Crippen LogP contribution in [0.2, 0.25) is 0 Å². The Morgan fingerprint density at radius 2 is 1.83 bits per heavy atom. The van der Waals surface area contributed by atoms with Crippen molar-refractivity contribution in [2.24, 2.45) is 0 Å². The van der Waals surface area contributed by atoms with E-state index in [9.17, 15) is 14.7 Å². The average molecular weight is 571 g/mol. The highest BCUT2D eigenvalue weighted by Gasteiger charge is 2.48. The molecule has 2 aliphatic rings. The summed E-state index contributed by atoms with van der Waals surface area (Å²) in [6.07, 6.45) is 1.60. The Kier molecular flexibility index (Phi) is 7.13. The van der Waals surface area contributed by atoms with Crippen molar-refractivity contribution in [1.29, 1.82) is 0 Å². The van der Waals surface area contributed by atoms with Crippen molar-refractivity contribution >= 4 is 44.1 Å². The Morgan fingerprint density at radius 3 is 2.59 bits per heavy atom. The average Bonchev–Trinajstić information content (AvgIpc) is 3.64. The number of ether oxygens (including phenoxy) is 3. The lowest BCUT2D eigenvalue weighted by atomic mass is 9.94. The number of aliphatic hydroxyl groups excluding tert-OH is 1. The van der Waals surface area contributed by atoms with Crippen LogP contribution < -0.4 is 19.1 Å². The Bertz CT molecular complexity index is 1680. The van der Waals surface area contributed by atoms with Crippen molar-refractivity contribution in [1.82, 2.24) is 4.98 Å². The Morgan fingerprint density at radius 1 is 1.05 bits per heavy atom. The number of fused-ring (bicyclic) bond motifs is 2. The summed E-state index contributed by atoms with van der Waals surface area (Å²) in [7, 11) is 0. The van der Waals surface area contributed by atoms with Gasteiger partial charge in [-0.3, -0.25) is 14.5 Å². The molecule has 41 heavy (non-hydrogen) atoms. The zero-order chi connectivity index (χ0) is 28.7. The molecule has 2 aliphatic heterocycles. The van der Waals surface area contributed by atoms with Gasteiger partial charge in [-0.05, 0) is 79.9 Å². The first kappa shape index (κ1) is 26.8. The van der Waals surface area contributed by atoms with Crippen molar-refractivity contribution in [2.75, 3.05) is 18.1 Å². The van der Waals surface area contributed by atoms with Crippen molar-refractivity contribution in [2.45, 2.75) is 45.8 Å². The first-order valence-corrected chi connectivity index (χ1v) is 14.6. The molecule has 0 unspecified atom stereocenters. The molecule has 9 heteroatoms. The quantitative estimate of drug-likeness (QED) is 0.148. The minimum absolute atomic E-state index is 0.0124. The van der Waals surface area contributed by atoms with E-state index in [0.29, 0.717) is 52.9 Å². The van der Waals surface area contributed by atoms with Gasteiger partial charge in [-0.15, -0.1) is 0 Å². The lowest BCUT2D eigenvalue weighted by molar-refractivity contribution is -0.132.